The highest BCUT2D eigenvalue weighted by Crippen LogP contribution is 2.24. The van der Waals surface area contributed by atoms with Gasteiger partial charge in [-0.25, -0.2) is 0 Å². The molecule has 1 unspecified atom stereocenters. The van der Waals surface area contributed by atoms with Crippen LogP contribution >= 0.6 is 0 Å². The van der Waals surface area contributed by atoms with Crippen LogP contribution in [0.1, 0.15) is 6.42 Å². The van der Waals surface area contributed by atoms with Gasteiger partial charge in [0.05, 0.1) is 24.8 Å². The Kier molecular flexibility index (Phi) is 4.15. The van der Waals surface area contributed by atoms with Gasteiger partial charge in [-0.05, 0) is 18.6 Å². The molecule has 98 valence electrons. The van der Waals surface area contributed by atoms with Gasteiger partial charge < -0.3 is 14.4 Å². The molecule has 18 heavy (non-hydrogen) atoms. The molecule has 0 radical (unpaired) electrons. The predicted molar refractivity (Wildman–Crippen MR) is 66.3 cm³/mol. The van der Waals surface area contributed by atoms with E-state index in [2.05, 4.69) is 4.98 Å². The van der Waals surface area contributed by atoms with Gasteiger partial charge >= 0.3 is 0 Å². The van der Waals surface area contributed by atoms with Crippen LogP contribution in [-0.4, -0.2) is 49.2 Å². The molecule has 1 aliphatic heterocycles. The molecule has 0 spiro atoms. The summed E-state index contributed by atoms with van der Waals surface area (Å²) in [7, 11) is 3.43. The number of likely N-dealkylation sites (N-methyl/N-ethyl adjacent to an activating group) is 1. The van der Waals surface area contributed by atoms with Crippen LogP contribution in [0.3, 0.4) is 0 Å². The highest BCUT2D eigenvalue weighted by Gasteiger charge is 2.37. The van der Waals surface area contributed by atoms with Gasteiger partial charge in [-0.1, -0.05) is 0 Å². The van der Waals surface area contributed by atoms with Crippen LogP contribution < -0.4 is 4.74 Å². The van der Waals surface area contributed by atoms with Crippen molar-refractivity contribution in [1.82, 2.24) is 9.88 Å². The zero-order valence-electron chi connectivity index (χ0n) is 10.7. The van der Waals surface area contributed by atoms with E-state index >= 15 is 0 Å². The Morgan fingerprint density at radius 2 is 2.33 bits per heavy atom. The largest absolute Gasteiger partial charge is 0.490 e. The summed E-state index contributed by atoms with van der Waals surface area (Å²) < 4.78 is 10.7. The third kappa shape index (κ3) is 2.79. The van der Waals surface area contributed by atoms with Crippen molar-refractivity contribution in [3.05, 3.63) is 24.5 Å². The number of carbonyl (C=O) groups excluding carboxylic acids is 1. The molecule has 1 aromatic rings. The number of amides is 1. The molecular weight excluding hydrogens is 232 g/mol. The van der Waals surface area contributed by atoms with Gasteiger partial charge in [-0.3, -0.25) is 9.78 Å². The number of pyridine rings is 1. The molecule has 1 amide bonds. The van der Waals surface area contributed by atoms with E-state index in [1.807, 2.05) is 19.2 Å². The van der Waals surface area contributed by atoms with Gasteiger partial charge in [0.2, 0.25) is 5.91 Å². The maximum atomic E-state index is 11.9. The van der Waals surface area contributed by atoms with E-state index in [1.165, 1.54) is 0 Å². The molecule has 0 aromatic carbocycles. The monoisotopic (exact) mass is 250 g/mol. The number of ether oxygens (including phenoxy) is 2. The van der Waals surface area contributed by atoms with Gasteiger partial charge in [-0.2, -0.15) is 0 Å². The molecule has 0 N–H and O–H groups in total. The normalized spacial score (nSPS) is 23.4. The Morgan fingerprint density at radius 3 is 3.00 bits per heavy atom. The molecule has 5 nitrogen and oxygen atoms in total. The Labute approximate surface area is 107 Å². The minimum atomic E-state index is -0.0394. The van der Waals surface area contributed by atoms with Crippen LogP contribution in [0.15, 0.2) is 24.5 Å². The Hall–Kier alpha value is -1.62. The fraction of sp³-hybridized carbons (Fsp3) is 0.538. The molecule has 1 aromatic heterocycles. The van der Waals surface area contributed by atoms with Crippen LogP contribution in [0, 0.1) is 5.92 Å². The van der Waals surface area contributed by atoms with E-state index in [-0.39, 0.29) is 17.9 Å². The molecular formula is C13H18N2O3. The summed E-state index contributed by atoms with van der Waals surface area (Å²) in [5.74, 6) is 0.827. The van der Waals surface area contributed by atoms with Gasteiger partial charge in [-0.15, -0.1) is 0 Å². The molecule has 5 heteroatoms. The first-order chi connectivity index (χ1) is 8.72. The lowest BCUT2D eigenvalue weighted by Gasteiger charge is -2.19. The summed E-state index contributed by atoms with van der Waals surface area (Å²) in [6.07, 6.45) is 4.15. The quantitative estimate of drug-likeness (QED) is 0.781. The number of hydrogen-bond acceptors (Lipinski definition) is 4. The minimum absolute atomic E-state index is 0.0394. The number of nitrogens with zero attached hydrogens (tertiary/aromatic N) is 2. The maximum absolute atomic E-state index is 11.9. The number of aromatic nitrogens is 1. The summed E-state index contributed by atoms with van der Waals surface area (Å²) >= 11 is 0. The molecule has 1 fully saturated rings. The topological polar surface area (TPSA) is 51.7 Å². The second kappa shape index (κ2) is 5.82. The van der Waals surface area contributed by atoms with E-state index in [9.17, 15) is 4.79 Å². The number of rotatable bonds is 5. The Balaban J connectivity index is 1.89. The van der Waals surface area contributed by atoms with E-state index in [4.69, 9.17) is 9.47 Å². The average molecular weight is 250 g/mol. The van der Waals surface area contributed by atoms with Crippen LogP contribution in [0.5, 0.6) is 5.75 Å². The van der Waals surface area contributed by atoms with Gasteiger partial charge in [0.1, 0.15) is 12.4 Å². The number of carbonyl (C=O) groups is 1. The predicted octanol–water partition coefficient (Wildman–Crippen LogP) is 0.954. The standard InChI is InChI=1S/C13H18N2O3/c1-15-11(6-10(8-17-2)13(15)16)9-18-12-4-3-5-14-7-12/h3-5,7,10-11H,6,8-9H2,1-2H3/t10-,11?/m0/s1. The molecule has 0 aliphatic carbocycles. The van der Waals surface area contributed by atoms with Crippen molar-refractivity contribution in [1.29, 1.82) is 0 Å². The summed E-state index contributed by atoms with van der Waals surface area (Å²) in [6, 6.07) is 3.79. The van der Waals surface area contributed by atoms with Crippen LogP contribution in [0.4, 0.5) is 0 Å². The molecule has 0 bridgehead atoms. The third-order valence-electron chi connectivity index (χ3n) is 3.25. The average Bonchev–Trinajstić information content (AvgIpc) is 2.66. The summed E-state index contributed by atoms with van der Waals surface area (Å²) in [6.45, 7) is 0.973. The van der Waals surface area contributed by atoms with Gasteiger partial charge in [0.15, 0.2) is 0 Å². The number of hydrogen-bond donors (Lipinski definition) is 0. The fourth-order valence-electron chi connectivity index (χ4n) is 2.20. The lowest BCUT2D eigenvalue weighted by molar-refractivity contribution is -0.132. The van der Waals surface area contributed by atoms with Crippen molar-refractivity contribution in [3.8, 4) is 5.75 Å². The summed E-state index contributed by atoms with van der Waals surface area (Å²) in [4.78, 5) is 17.6. The first kappa shape index (κ1) is 12.8. The van der Waals surface area contributed by atoms with Crippen LogP contribution in [-0.2, 0) is 9.53 Å². The zero-order chi connectivity index (χ0) is 13.0. The molecule has 0 saturated carbocycles. The molecule has 2 rings (SSSR count). The molecule has 1 saturated heterocycles. The molecule has 1 aliphatic rings. The number of likely N-dealkylation sites (tertiary alicyclic amines) is 1. The van der Waals surface area contributed by atoms with Crippen molar-refractivity contribution in [2.45, 2.75) is 12.5 Å². The second-order valence-electron chi connectivity index (χ2n) is 4.49. The first-order valence-electron chi connectivity index (χ1n) is 6.00. The molecule has 2 heterocycles. The lowest BCUT2D eigenvalue weighted by atomic mass is 10.1. The summed E-state index contributed by atoms with van der Waals surface area (Å²) in [5.41, 5.74) is 0. The van der Waals surface area contributed by atoms with Crippen LogP contribution in [0.2, 0.25) is 0 Å². The van der Waals surface area contributed by atoms with Crippen molar-refractivity contribution in [2.24, 2.45) is 5.92 Å². The van der Waals surface area contributed by atoms with Crippen LogP contribution in [0.25, 0.3) is 0 Å². The Bertz CT molecular complexity index is 396. The minimum Gasteiger partial charge on any atom is -0.490 e. The molecule has 2 atom stereocenters. The van der Waals surface area contributed by atoms with Gasteiger partial charge in [0, 0.05) is 20.4 Å². The second-order valence-corrected chi connectivity index (χ2v) is 4.49. The van der Waals surface area contributed by atoms with E-state index in [1.54, 1.807) is 24.4 Å². The van der Waals surface area contributed by atoms with Crippen molar-refractivity contribution in [3.63, 3.8) is 0 Å². The van der Waals surface area contributed by atoms with E-state index < -0.39 is 0 Å². The summed E-state index contributed by atoms with van der Waals surface area (Å²) in [5, 5.41) is 0. The smallest absolute Gasteiger partial charge is 0.228 e. The Morgan fingerprint density at radius 1 is 1.50 bits per heavy atom. The number of methoxy groups -OCH3 is 1. The maximum Gasteiger partial charge on any atom is 0.228 e. The third-order valence-corrected chi connectivity index (χ3v) is 3.25. The van der Waals surface area contributed by atoms with Crippen molar-refractivity contribution in [2.75, 3.05) is 27.4 Å². The van der Waals surface area contributed by atoms with Crippen molar-refractivity contribution >= 4 is 5.91 Å². The highest BCUT2D eigenvalue weighted by atomic mass is 16.5. The highest BCUT2D eigenvalue weighted by molar-refractivity contribution is 5.81. The first-order valence-corrected chi connectivity index (χ1v) is 6.00. The SMILES string of the molecule is COC[C@@H]1CC(COc2cccnc2)N(C)C1=O. The van der Waals surface area contributed by atoms with E-state index in [0.717, 1.165) is 12.2 Å². The van der Waals surface area contributed by atoms with Crippen molar-refractivity contribution < 1.29 is 14.3 Å². The van der Waals surface area contributed by atoms with E-state index in [0.29, 0.717) is 13.2 Å². The lowest BCUT2D eigenvalue weighted by Crippen LogP contribution is -2.34. The van der Waals surface area contributed by atoms with Gasteiger partial charge in [0.25, 0.3) is 0 Å². The zero-order valence-corrected chi connectivity index (χ0v) is 10.7. The fourth-order valence-corrected chi connectivity index (χ4v) is 2.20.